The van der Waals surface area contributed by atoms with Gasteiger partial charge in [-0.05, 0) is 0 Å². The standard InChI is InChI=1S/C8H7N3O3/c12-7(13)1-6-9-2-4-5(11-6)3-10-8(4)14/h2H,1,3H2,(H,10,14)(H,12,13). The van der Waals surface area contributed by atoms with Gasteiger partial charge >= 0.3 is 5.97 Å². The van der Waals surface area contributed by atoms with E-state index >= 15 is 0 Å². The van der Waals surface area contributed by atoms with E-state index in [4.69, 9.17) is 5.11 Å². The van der Waals surface area contributed by atoms with Crippen molar-refractivity contribution < 1.29 is 14.7 Å². The number of hydrogen-bond donors (Lipinski definition) is 2. The summed E-state index contributed by atoms with van der Waals surface area (Å²) < 4.78 is 0. The van der Waals surface area contributed by atoms with Gasteiger partial charge in [-0.3, -0.25) is 9.59 Å². The molecule has 0 saturated heterocycles. The third-order valence-electron chi connectivity index (χ3n) is 1.89. The summed E-state index contributed by atoms with van der Waals surface area (Å²) in [5, 5.41) is 11.1. The Bertz CT molecular complexity index is 416. The summed E-state index contributed by atoms with van der Waals surface area (Å²) in [5.41, 5.74) is 1.00. The van der Waals surface area contributed by atoms with Crippen molar-refractivity contribution in [3.05, 3.63) is 23.3 Å². The van der Waals surface area contributed by atoms with Crippen LogP contribution in [0.2, 0.25) is 0 Å². The summed E-state index contributed by atoms with van der Waals surface area (Å²) in [6.07, 6.45) is 1.14. The molecule has 2 rings (SSSR count). The Morgan fingerprint density at radius 2 is 2.43 bits per heavy atom. The molecule has 1 aliphatic heterocycles. The minimum atomic E-state index is -0.984. The Labute approximate surface area is 79.0 Å². The van der Waals surface area contributed by atoms with E-state index in [1.54, 1.807) is 0 Å². The van der Waals surface area contributed by atoms with Crippen LogP contribution in [0.25, 0.3) is 0 Å². The molecule has 1 aliphatic rings. The molecule has 14 heavy (non-hydrogen) atoms. The third kappa shape index (κ3) is 1.41. The number of aliphatic carboxylic acids is 1. The van der Waals surface area contributed by atoms with Crippen LogP contribution >= 0.6 is 0 Å². The molecule has 1 amide bonds. The highest BCUT2D eigenvalue weighted by atomic mass is 16.4. The highest BCUT2D eigenvalue weighted by molar-refractivity contribution is 5.97. The van der Waals surface area contributed by atoms with Crippen LogP contribution in [-0.2, 0) is 17.8 Å². The SMILES string of the molecule is O=C(O)Cc1ncc2c(n1)CNC2=O. The predicted octanol–water partition coefficient (Wildman–Crippen LogP) is -0.653. The zero-order valence-corrected chi connectivity index (χ0v) is 7.15. The van der Waals surface area contributed by atoms with E-state index in [0.717, 1.165) is 0 Å². The monoisotopic (exact) mass is 193 g/mol. The maximum absolute atomic E-state index is 11.1. The number of amides is 1. The number of fused-ring (bicyclic) bond motifs is 1. The normalized spacial score (nSPS) is 13.6. The number of carboxylic acid groups (broad SMARTS) is 1. The van der Waals surface area contributed by atoms with Crippen molar-refractivity contribution in [2.24, 2.45) is 0 Å². The zero-order chi connectivity index (χ0) is 10.1. The van der Waals surface area contributed by atoms with E-state index in [1.807, 2.05) is 0 Å². The highest BCUT2D eigenvalue weighted by Crippen LogP contribution is 2.11. The molecule has 6 nitrogen and oxygen atoms in total. The molecule has 0 spiro atoms. The minimum Gasteiger partial charge on any atom is -0.481 e. The lowest BCUT2D eigenvalue weighted by molar-refractivity contribution is -0.136. The topological polar surface area (TPSA) is 92.2 Å². The first-order valence-corrected chi connectivity index (χ1v) is 4.01. The van der Waals surface area contributed by atoms with Crippen LogP contribution in [0, 0.1) is 0 Å². The second-order valence-corrected chi connectivity index (χ2v) is 2.90. The van der Waals surface area contributed by atoms with Crippen LogP contribution < -0.4 is 5.32 Å². The summed E-state index contributed by atoms with van der Waals surface area (Å²) in [7, 11) is 0. The Morgan fingerprint density at radius 1 is 1.64 bits per heavy atom. The minimum absolute atomic E-state index is 0.207. The predicted molar refractivity (Wildman–Crippen MR) is 44.5 cm³/mol. The molecule has 0 atom stereocenters. The van der Waals surface area contributed by atoms with Gasteiger partial charge in [0.1, 0.15) is 12.2 Å². The first-order chi connectivity index (χ1) is 6.66. The summed E-state index contributed by atoms with van der Waals surface area (Å²) in [5.74, 6) is -0.961. The van der Waals surface area contributed by atoms with Crippen molar-refractivity contribution in [2.75, 3.05) is 0 Å². The van der Waals surface area contributed by atoms with Gasteiger partial charge in [0.2, 0.25) is 0 Å². The molecule has 0 saturated carbocycles. The van der Waals surface area contributed by atoms with Gasteiger partial charge in [-0.25, -0.2) is 9.97 Å². The van der Waals surface area contributed by atoms with Gasteiger partial charge in [-0.1, -0.05) is 0 Å². The molecule has 0 unspecified atom stereocenters. The van der Waals surface area contributed by atoms with Crippen molar-refractivity contribution >= 4 is 11.9 Å². The van der Waals surface area contributed by atoms with Crippen molar-refractivity contribution in [1.29, 1.82) is 0 Å². The second-order valence-electron chi connectivity index (χ2n) is 2.90. The van der Waals surface area contributed by atoms with E-state index in [1.165, 1.54) is 6.20 Å². The molecule has 6 heteroatoms. The second kappa shape index (κ2) is 3.06. The van der Waals surface area contributed by atoms with Crippen LogP contribution in [0.1, 0.15) is 21.9 Å². The molecule has 1 aromatic heterocycles. The van der Waals surface area contributed by atoms with Crippen molar-refractivity contribution in [3.8, 4) is 0 Å². The van der Waals surface area contributed by atoms with Gasteiger partial charge in [0.15, 0.2) is 0 Å². The van der Waals surface area contributed by atoms with E-state index < -0.39 is 5.97 Å². The highest BCUT2D eigenvalue weighted by Gasteiger charge is 2.21. The molecule has 0 aromatic carbocycles. The molecular formula is C8H7N3O3. The molecular weight excluding hydrogens is 186 g/mol. The van der Waals surface area contributed by atoms with Crippen LogP contribution in [0.3, 0.4) is 0 Å². The van der Waals surface area contributed by atoms with E-state index in [-0.39, 0.29) is 18.2 Å². The fourth-order valence-corrected chi connectivity index (χ4v) is 1.26. The molecule has 72 valence electrons. The van der Waals surface area contributed by atoms with E-state index in [2.05, 4.69) is 15.3 Å². The smallest absolute Gasteiger partial charge is 0.311 e. The third-order valence-corrected chi connectivity index (χ3v) is 1.89. The van der Waals surface area contributed by atoms with Crippen molar-refractivity contribution in [2.45, 2.75) is 13.0 Å². The van der Waals surface area contributed by atoms with Gasteiger partial charge in [-0.2, -0.15) is 0 Å². The van der Waals surface area contributed by atoms with Crippen molar-refractivity contribution in [3.63, 3.8) is 0 Å². The number of carboxylic acids is 1. The molecule has 2 N–H and O–H groups in total. The number of hydrogen-bond acceptors (Lipinski definition) is 4. The lowest BCUT2D eigenvalue weighted by atomic mass is 10.2. The average molecular weight is 193 g/mol. The first kappa shape index (κ1) is 8.61. The average Bonchev–Trinajstić information content (AvgIpc) is 2.46. The first-order valence-electron chi connectivity index (χ1n) is 4.01. The Morgan fingerprint density at radius 3 is 3.14 bits per heavy atom. The maximum Gasteiger partial charge on any atom is 0.311 e. The van der Waals surface area contributed by atoms with Crippen LogP contribution in [0.5, 0.6) is 0 Å². The maximum atomic E-state index is 11.1. The van der Waals surface area contributed by atoms with Crippen LogP contribution in [0.15, 0.2) is 6.20 Å². The quantitative estimate of drug-likeness (QED) is 0.650. The number of carbonyl (C=O) groups excluding carboxylic acids is 1. The fourth-order valence-electron chi connectivity index (χ4n) is 1.26. The van der Waals surface area contributed by atoms with Gasteiger partial charge in [0.05, 0.1) is 17.8 Å². The Hall–Kier alpha value is -1.98. The summed E-state index contributed by atoms with van der Waals surface area (Å²) in [4.78, 5) is 29.2. The van der Waals surface area contributed by atoms with Crippen molar-refractivity contribution in [1.82, 2.24) is 15.3 Å². The van der Waals surface area contributed by atoms with Crippen LogP contribution in [0.4, 0.5) is 0 Å². The summed E-state index contributed by atoms with van der Waals surface area (Å²) in [6.45, 7) is 0.351. The number of nitrogens with one attached hydrogen (secondary N) is 1. The molecule has 0 aliphatic carbocycles. The van der Waals surface area contributed by atoms with Gasteiger partial charge in [-0.15, -0.1) is 0 Å². The van der Waals surface area contributed by atoms with Gasteiger partial charge < -0.3 is 10.4 Å². The zero-order valence-electron chi connectivity index (χ0n) is 7.15. The Kier molecular flexibility index (Phi) is 1.88. The Balaban J connectivity index is 2.32. The number of aromatic nitrogens is 2. The number of rotatable bonds is 2. The summed E-state index contributed by atoms with van der Waals surface area (Å²) >= 11 is 0. The lowest BCUT2D eigenvalue weighted by Crippen LogP contribution is -2.12. The van der Waals surface area contributed by atoms with E-state index in [9.17, 15) is 9.59 Å². The number of nitrogens with zero attached hydrogens (tertiary/aromatic N) is 2. The van der Waals surface area contributed by atoms with Gasteiger partial charge in [0.25, 0.3) is 5.91 Å². The fraction of sp³-hybridized carbons (Fsp3) is 0.250. The number of carbonyl (C=O) groups is 2. The molecule has 1 aromatic rings. The largest absolute Gasteiger partial charge is 0.481 e. The molecule has 0 radical (unpaired) electrons. The molecule has 2 heterocycles. The molecule has 0 bridgehead atoms. The van der Waals surface area contributed by atoms with Gasteiger partial charge in [0, 0.05) is 6.20 Å². The lowest BCUT2D eigenvalue weighted by Gasteiger charge is -1.97. The molecule has 0 fully saturated rings. The summed E-state index contributed by atoms with van der Waals surface area (Å²) in [6, 6.07) is 0. The van der Waals surface area contributed by atoms with E-state index in [0.29, 0.717) is 17.8 Å². The van der Waals surface area contributed by atoms with Crippen LogP contribution in [-0.4, -0.2) is 27.0 Å².